The molecule has 4 atom stereocenters. The molecule has 0 radical (unpaired) electrons. The van der Waals surface area contributed by atoms with Crippen LogP contribution in [0, 0.1) is 17.8 Å². The van der Waals surface area contributed by atoms with E-state index in [1.807, 2.05) is 18.2 Å². The molecule has 1 aliphatic carbocycles. The van der Waals surface area contributed by atoms with Crippen LogP contribution in [0.4, 0.5) is 5.69 Å². The van der Waals surface area contributed by atoms with Crippen LogP contribution in [0.15, 0.2) is 24.3 Å². The topological polar surface area (TPSA) is 35.9 Å². The van der Waals surface area contributed by atoms with Gasteiger partial charge in [0.1, 0.15) is 0 Å². The predicted octanol–water partition coefficient (Wildman–Crippen LogP) is 4.30. The number of β-amino-alcohol motifs (C(OH)–C–C–N with tert-alkyl or cyclic N) is 1. The van der Waals surface area contributed by atoms with Crippen LogP contribution >= 0.6 is 11.6 Å². The lowest BCUT2D eigenvalue weighted by Gasteiger charge is -2.39. The monoisotopic (exact) mass is 408 g/mol. The van der Waals surface area contributed by atoms with Gasteiger partial charge in [-0.1, -0.05) is 44.9 Å². The van der Waals surface area contributed by atoms with Gasteiger partial charge in [-0.05, 0) is 48.8 Å². The van der Waals surface area contributed by atoms with E-state index in [0.717, 1.165) is 43.5 Å². The molecule has 1 saturated carbocycles. The van der Waals surface area contributed by atoms with Crippen LogP contribution in [0.2, 0.25) is 5.02 Å². The van der Waals surface area contributed by atoms with Gasteiger partial charge in [0, 0.05) is 43.4 Å². The Balaban J connectivity index is 1.41. The van der Waals surface area contributed by atoms with Crippen molar-refractivity contribution in [1.29, 1.82) is 0 Å². The van der Waals surface area contributed by atoms with Gasteiger partial charge in [-0.15, -0.1) is 0 Å². The molecule has 2 aliphatic rings. The van der Waals surface area contributed by atoms with E-state index in [1.54, 1.807) is 0 Å². The number of piperazine rings is 1. The van der Waals surface area contributed by atoms with Crippen molar-refractivity contribution in [2.45, 2.75) is 52.2 Å². The van der Waals surface area contributed by atoms with Gasteiger partial charge in [0.15, 0.2) is 0 Å². The van der Waals surface area contributed by atoms with Crippen LogP contribution in [-0.2, 0) is 4.74 Å². The fourth-order valence-electron chi connectivity index (χ4n) is 4.75. The number of hydrogen-bond donors (Lipinski definition) is 1. The number of anilines is 1. The molecule has 1 saturated heterocycles. The summed E-state index contributed by atoms with van der Waals surface area (Å²) >= 11 is 6.11. The third-order valence-electron chi connectivity index (χ3n) is 6.48. The Bertz CT molecular complexity index is 604. The van der Waals surface area contributed by atoms with E-state index in [9.17, 15) is 5.11 Å². The summed E-state index contributed by atoms with van der Waals surface area (Å²) in [5, 5.41) is 11.3. The maximum Gasteiger partial charge on any atom is 0.0900 e. The fourth-order valence-corrected chi connectivity index (χ4v) is 4.94. The molecule has 158 valence electrons. The highest BCUT2D eigenvalue weighted by molar-refractivity contribution is 6.30. The maximum absolute atomic E-state index is 10.5. The molecule has 0 spiro atoms. The summed E-state index contributed by atoms with van der Waals surface area (Å²) in [5.74, 6) is 2.01. The second kappa shape index (κ2) is 10.3. The van der Waals surface area contributed by atoms with E-state index in [4.69, 9.17) is 16.3 Å². The highest BCUT2D eigenvalue weighted by Crippen LogP contribution is 2.35. The summed E-state index contributed by atoms with van der Waals surface area (Å²) in [6.45, 7) is 11.9. The molecule has 4 nitrogen and oxygen atoms in total. The zero-order chi connectivity index (χ0) is 20.1. The van der Waals surface area contributed by atoms with Crippen LogP contribution in [0.25, 0.3) is 0 Å². The second-order valence-electron chi connectivity index (χ2n) is 9.12. The number of ether oxygens (including phenoxy) is 1. The minimum Gasteiger partial charge on any atom is -0.389 e. The van der Waals surface area contributed by atoms with Crippen LogP contribution in [0.5, 0.6) is 0 Å². The average Bonchev–Trinajstić information content (AvgIpc) is 2.67. The minimum absolute atomic E-state index is 0.304. The zero-order valence-corrected chi connectivity index (χ0v) is 18.4. The number of nitrogens with zero attached hydrogens (tertiary/aromatic N) is 2. The first-order valence-corrected chi connectivity index (χ1v) is 11.3. The average molecular weight is 409 g/mol. The molecular formula is C23H37ClN2O2. The van der Waals surface area contributed by atoms with Gasteiger partial charge in [0.05, 0.1) is 18.8 Å². The van der Waals surface area contributed by atoms with E-state index in [2.05, 4.69) is 36.6 Å². The van der Waals surface area contributed by atoms with Crippen molar-refractivity contribution in [3.05, 3.63) is 29.3 Å². The summed E-state index contributed by atoms with van der Waals surface area (Å²) in [4.78, 5) is 4.71. The van der Waals surface area contributed by atoms with Crippen molar-refractivity contribution in [2.24, 2.45) is 17.8 Å². The molecule has 5 heteroatoms. The Morgan fingerprint density at radius 3 is 2.61 bits per heavy atom. The quantitative estimate of drug-likeness (QED) is 0.729. The first kappa shape index (κ1) is 21.9. The van der Waals surface area contributed by atoms with Gasteiger partial charge in [0.25, 0.3) is 0 Å². The normalized spacial score (nSPS) is 27.9. The number of benzene rings is 1. The standard InChI is InChI=1S/C23H37ClN2O2/c1-17(2)22-8-7-18(3)13-23(22)28-16-21(27)15-25-9-11-26(12-10-25)20-6-4-5-19(24)14-20/h4-6,14,17-18,21-23,27H,7-13,15-16H2,1-3H3/t18-,21+,22-,23+/m1/s1. The number of hydrogen-bond acceptors (Lipinski definition) is 4. The van der Waals surface area contributed by atoms with Gasteiger partial charge in [0.2, 0.25) is 0 Å². The van der Waals surface area contributed by atoms with E-state index in [1.165, 1.54) is 18.5 Å². The van der Waals surface area contributed by atoms with Gasteiger partial charge in [-0.25, -0.2) is 0 Å². The zero-order valence-electron chi connectivity index (χ0n) is 17.7. The summed E-state index contributed by atoms with van der Waals surface area (Å²) in [5.41, 5.74) is 1.18. The number of rotatable bonds is 7. The Morgan fingerprint density at radius 1 is 1.18 bits per heavy atom. The van der Waals surface area contributed by atoms with Crippen LogP contribution in [-0.4, -0.2) is 61.5 Å². The lowest BCUT2D eigenvalue weighted by Crippen LogP contribution is -2.49. The van der Waals surface area contributed by atoms with Crippen molar-refractivity contribution in [2.75, 3.05) is 44.2 Å². The number of aliphatic hydroxyl groups is 1. The lowest BCUT2D eigenvalue weighted by atomic mass is 9.75. The van der Waals surface area contributed by atoms with Gasteiger partial charge in [-0.3, -0.25) is 4.90 Å². The molecule has 28 heavy (non-hydrogen) atoms. The van der Waals surface area contributed by atoms with Crippen LogP contribution in [0.1, 0.15) is 40.0 Å². The molecule has 1 heterocycles. The molecule has 1 aromatic rings. The lowest BCUT2D eigenvalue weighted by molar-refractivity contribution is -0.0740. The molecule has 1 aromatic carbocycles. The molecular weight excluding hydrogens is 372 g/mol. The number of aliphatic hydroxyl groups excluding tert-OH is 1. The molecule has 0 unspecified atom stereocenters. The molecule has 2 fully saturated rings. The van der Waals surface area contributed by atoms with E-state index in [0.29, 0.717) is 31.1 Å². The Labute approximate surface area is 175 Å². The molecule has 1 aliphatic heterocycles. The molecule has 1 N–H and O–H groups in total. The van der Waals surface area contributed by atoms with Gasteiger partial charge >= 0.3 is 0 Å². The summed E-state index contributed by atoms with van der Waals surface area (Å²) in [7, 11) is 0. The minimum atomic E-state index is -0.414. The summed E-state index contributed by atoms with van der Waals surface area (Å²) in [6.07, 6.45) is 3.59. The van der Waals surface area contributed by atoms with Crippen molar-refractivity contribution in [3.8, 4) is 0 Å². The largest absolute Gasteiger partial charge is 0.389 e. The Kier molecular flexibility index (Phi) is 8.04. The smallest absolute Gasteiger partial charge is 0.0900 e. The first-order valence-electron chi connectivity index (χ1n) is 10.9. The van der Waals surface area contributed by atoms with Crippen LogP contribution < -0.4 is 4.90 Å². The summed E-state index contributed by atoms with van der Waals surface area (Å²) < 4.78 is 6.23. The van der Waals surface area contributed by atoms with Crippen molar-refractivity contribution in [3.63, 3.8) is 0 Å². The highest BCUT2D eigenvalue weighted by atomic mass is 35.5. The van der Waals surface area contributed by atoms with Gasteiger partial charge in [-0.2, -0.15) is 0 Å². The second-order valence-corrected chi connectivity index (χ2v) is 9.56. The van der Waals surface area contributed by atoms with Crippen molar-refractivity contribution < 1.29 is 9.84 Å². The van der Waals surface area contributed by atoms with Crippen LogP contribution in [0.3, 0.4) is 0 Å². The molecule has 0 bridgehead atoms. The SMILES string of the molecule is CC(C)[C@H]1CC[C@@H](C)C[C@@H]1OC[C@@H](O)CN1CCN(c2cccc(Cl)c2)CC1. The van der Waals surface area contributed by atoms with E-state index < -0.39 is 6.10 Å². The van der Waals surface area contributed by atoms with E-state index >= 15 is 0 Å². The van der Waals surface area contributed by atoms with Crippen molar-refractivity contribution >= 4 is 17.3 Å². The van der Waals surface area contributed by atoms with E-state index in [-0.39, 0.29) is 0 Å². The van der Waals surface area contributed by atoms with Gasteiger partial charge < -0.3 is 14.7 Å². The summed E-state index contributed by atoms with van der Waals surface area (Å²) in [6, 6.07) is 8.05. The Hall–Kier alpha value is -0.810. The predicted molar refractivity (Wildman–Crippen MR) is 117 cm³/mol. The third-order valence-corrected chi connectivity index (χ3v) is 6.71. The maximum atomic E-state index is 10.5. The van der Waals surface area contributed by atoms with Crippen molar-refractivity contribution in [1.82, 2.24) is 4.90 Å². The third kappa shape index (κ3) is 6.09. The molecule has 0 amide bonds. The highest BCUT2D eigenvalue weighted by Gasteiger charge is 2.32. The molecule has 0 aromatic heterocycles. The number of halogens is 1. The first-order chi connectivity index (χ1) is 13.4. The Morgan fingerprint density at radius 2 is 1.93 bits per heavy atom. The fraction of sp³-hybridized carbons (Fsp3) is 0.739. The molecule has 3 rings (SSSR count).